The first-order valence-electron chi connectivity index (χ1n) is 7.54. The number of fused-ring (bicyclic) bond motifs is 5. The Labute approximate surface area is 114 Å². The second-order valence-electron chi connectivity index (χ2n) is 7.48. The zero-order valence-corrected chi connectivity index (χ0v) is 12.1. The summed E-state index contributed by atoms with van der Waals surface area (Å²) < 4.78 is 5.32. The van der Waals surface area contributed by atoms with Crippen molar-refractivity contribution < 1.29 is 14.6 Å². The second kappa shape index (κ2) is 4.37. The molecule has 0 aromatic heterocycles. The molecule has 0 aliphatic heterocycles. The van der Waals surface area contributed by atoms with E-state index in [1.54, 1.807) is 0 Å². The Kier molecular flexibility index (Phi) is 3.04. The number of carbonyl (C=O) groups excluding carboxylic acids is 1. The molecule has 3 saturated carbocycles. The number of rotatable bonds is 1. The molecule has 0 spiro atoms. The number of carbonyl (C=O) groups is 1. The third-order valence-electron chi connectivity index (χ3n) is 5.20. The molecule has 3 aliphatic rings. The van der Waals surface area contributed by atoms with Crippen LogP contribution in [0.5, 0.6) is 0 Å². The summed E-state index contributed by atoms with van der Waals surface area (Å²) >= 11 is 0. The minimum Gasteiger partial charge on any atom is -0.444 e. The summed E-state index contributed by atoms with van der Waals surface area (Å²) in [5.41, 5.74) is -0.462. The van der Waals surface area contributed by atoms with Crippen LogP contribution in [0.4, 0.5) is 4.79 Å². The first kappa shape index (κ1) is 13.2. The molecule has 108 valence electrons. The van der Waals surface area contributed by atoms with Crippen LogP contribution >= 0.6 is 0 Å². The normalized spacial score (nSPS) is 44.2. The number of alkyl carbamates (subject to hydrolysis) is 1. The molecule has 0 heterocycles. The number of hydrogen-bond acceptors (Lipinski definition) is 3. The minimum atomic E-state index is -0.462. The highest BCUT2D eigenvalue weighted by Gasteiger charge is 2.59. The number of aliphatic hydroxyl groups is 1. The number of hydrogen-bond donors (Lipinski definition) is 2. The molecule has 0 radical (unpaired) electrons. The molecule has 19 heavy (non-hydrogen) atoms. The summed E-state index contributed by atoms with van der Waals surface area (Å²) in [6, 6.07) is 0.106. The Bertz CT molecular complexity index is 374. The zero-order valence-electron chi connectivity index (χ0n) is 12.1. The van der Waals surface area contributed by atoms with E-state index in [1.165, 1.54) is 19.3 Å². The molecule has 6 atom stereocenters. The van der Waals surface area contributed by atoms with Crippen LogP contribution in [0.2, 0.25) is 0 Å². The molecule has 3 fully saturated rings. The largest absolute Gasteiger partial charge is 0.444 e. The molecule has 3 aliphatic carbocycles. The Morgan fingerprint density at radius 2 is 1.89 bits per heavy atom. The average Bonchev–Trinajstić information content (AvgIpc) is 2.87. The van der Waals surface area contributed by atoms with Crippen LogP contribution < -0.4 is 5.32 Å². The summed E-state index contributed by atoms with van der Waals surface area (Å²) in [6.45, 7) is 5.61. The zero-order chi connectivity index (χ0) is 13.8. The molecular formula is C15H25NO3. The van der Waals surface area contributed by atoms with Crippen molar-refractivity contribution in [3.63, 3.8) is 0 Å². The monoisotopic (exact) mass is 267 g/mol. The van der Waals surface area contributed by atoms with Crippen LogP contribution in [0.3, 0.4) is 0 Å². The molecule has 0 aromatic rings. The van der Waals surface area contributed by atoms with Gasteiger partial charge in [0.1, 0.15) is 5.60 Å². The molecule has 2 N–H and O–H groups in total. The lowest BCUT2D eigenvalue weighted by Gasteiger charge is -2.32. The quantitative estimate of drug-likeness (QED) is 0.766. The van der Waals surface area contributed by atoms with E-state index in [4.69, 9.17) is 4.74 Å². The predicted octanol–water partition coefficient (Wildman–Crippen LogP) is 2.31. The highest BCUT2D eigenvalue weighted by atomic mass is 16.6. The van der Waals surface area contributed by atoms with Crippen molar-refractivity contribution in [2.24, 2.45) is 23.7 Å². The van der Waals surface area contributed by atoms with E-state index < -0.39 is 5.60 Å². The van der Waals surface area contributed by atoms with Crippen LogP contribution in [-0.2, 0) is 4.74 Å². The summed E-state index contributed by atoms with van der Waals surface area (Å²) in [7, 11) is 0. The van der Waals surface area contributed by atoms with E-state index in [1.807, 2.05) is 20.8 Å². The molecule has 0 saturated heterocycles. The Hall–Kier alpha value is -0.770. The van der Waals surface area contributed by atoms with Crippen molar-refractivity contribution in [1.29, 1.82) is 0 Å². The Balaban J connectivity index is 1.63. The van der Waals surface area contributed by atoms with Gasteiger partial charge in [0.2, 0.25) is 0 Å². The second-order valence-corrected chi connectivity index (χ2v) is 7.48. The number of aliphatic hydroxyl groups excluding tert-OH is 1. The van der Waals surface area contributed by atoms with E-state index in [0.717, 1.165) is 6.42 Å². The molecule has 4 heteroatoms. The number of ether oxygens (including phenoxy) is 1. The smallest absolute Gasteiger partial charge is 0.407 e. The van der Waals surface area contributed by atoms with Crippen molar-refractivity contribution in [3.8, 4) is 0 Å². The van der Waals surface area contributed by atoms with Gasteiger partial charge in [-0.15, -0.1) is 0 Å². The maximum atomic E-state index is 11.9. The van der Waals surface area contributed by atoms with Crippen LogP contribution in [0, 0.1) is 23.7 Å². The van der Waals surface area contributed by atoms with Gasteiger partial charge in [-0.05, 0) is 57.8 Å². The Morgan fingerprint density at radius 3 is 2.58 bits per heavy atom. The van der Waals surface area contributed by atoms with Crippen LogP contribution in [0.25, 0.3) is 0 Å². The standard InChI is InChI=1S/C15H25NO3/c1-15(2,3)19-14(18)16-11-7-10-8-5-4-6-9(8)12(11)13(10)17/h8-13,17H,4-7H2,1-3H3,(H,16,18). The molecule has 1 amide bonds. The SMILES string of the molecule is CC(C)(C)OC(=O)NC1CC2C(O)C1C1CCCC21. The van der Waals surface area contributed by atoms with Crippen LogP contribution in [-0.4, -0.2) is 28.9 Å². The van der Waals surface area contributed by atoms with E-state index in [9.17, 15) is 9.90 Å². The van der Waals surface area contributed by atoms with E-state index in [0.29, 0.717) is 17.8 Å². The van der Waals surface area contributed by atoms with Crippen LogP contribution in [0.15, 0.2) is 0 Å². The Morgan fingerprint density at radius 1 is 1.21 bits per heavy atom. The van der Waals surface area contributed by atoms with Gasteiger partial charge in [-0.3, -0.25) is 0 Å². The maximum Gasteiger partial charge on any atom is 0.407 e. The fourth-order valence-corrected chi connectivity index (χ4v) is 4.73. The fourth-order valence-electron chi connectivity index (χ4n) is 4.73. The number of amides is 1. The van der Waals surface area contributed by atoms with Crippen molar-refractivity contribution in [1.82, 2.24) is 5.32 Å². The molecule has 4 nitrogen and oxygen atoms in total. The highest BCUT2D eigenvalue weighted by Crippen LogP contribution is 2.58. The van der Waals surface area contributed by atoms with Gasteiger partial charge >= 0.3 is 6.09 Å². The van der Waals surface area contributed by atoms with Gasteiger partial charge in [-0.2, -0.15) is 0 Å². The topological polar surface area (TPSA) is 58.6 Å². The fraction of sp³-hybridized carbons (Fsp3) is 0.933. The minimum absolute atomic E-state index is 0.106. The van der Waals surface area contributed by atoms with Gasteiger partial charge in [-0.25, -0.2) is 4.79 Å². The lowest BCUT2D eigenvalue weighted by Crippen LogP contribution is -2.45. The van der Waals surface area contributed by atoms with Crippen molar-refractivity contribution in [2.75, 3.05) is 0 Å². The molecule has 6 unspecified atom stereocenters. The van der Waals surface area contributed by atoms with E-state index >= 15 is 0 Å². The lowest BCUT2D eigenvalue weighted by molar-refractivity contribution is 0.0452. The molecular weight excluding hydrogens is 242 g/mol. The average molecular weight is 267 g/mol. The third kappa shape index (κ3) is 2.24. The highest BCUT2D eigenvalue weighted by molar-refractivity contribution is 5.68. The van der Waals surface area contributed by atoms with Crippen molar-refractivity contribution >= 4 is 6.09 Å². The summed E-state index contributed by atoms with van der Waals surface area (Å²) in [6.07, 6.45) is 4.14. The van der Waals surface area contributed by atoms with E-state index in [2.05, 4.69) is 5.32 Å². The summed E-state index contributed by atoms with van der Waals surface area (Å²) in [4.78, 5) is 11.9. The first-order chi connectivity index (χ1) is 8.87. The molecule has 3 rings (SSSR count). The van der Waals surface area contributed by atoms with Crippen LogP contribution in [0.1, 0.15) is 46.5 Å². The predicted molar refractivity (Wildman–Crippen MR) is 71.6 cm³/mol. The molecule has 2 bridgehead atoms. The van der Waals surface area contributed by atoms with Gasteiger partial charge in [0.05, 0.1) is 6.10 Å². The maximum absolute atomic E-state index is 11.9. The van der Waals surface area contributed by atoms with Gasteiger partial charge < -0.3 is 15.2 Å². The van der Waals surface area contributed by atoms with Gasteiger partial charge in [-0.1, -0.05) is 6.42 Å². The third-order valence-corrected chi connectivity index (χ3v) is 5.20. The van der Waals surface area contributed by atoms with Gasteiger partial charge in [0, 0.05) is 12.0 Å². The summed E-state index contributed by atoms with van der Waals surface area (Å²) in [5, 5.41) is 13.3. The van der Waals surface area contributed by atoms with Crippen molar-refractivity contribution in [2.45, 2.75) is 64.2 Å². The molecule has 0 aromatic carbocycles. The first-order valence-corrected chi connectivity index (χ1v) is 7.54. The van der Waals surface area contributed by atoms with Gasteiger partial charge in [0.15, 0.2) is 0 Å². The van der Waals surface area contributed by atoms with Gasteiger partial charge in [0.25, 0.3) is 0 Å². The summed E-state index contributed by atoms with van der Waals surface area (Å²) in [5.74, 6) is 1.98. The number of nitrogens with one attached hydrogen (secondary N) is 1. The lowest BCUT2D eigenvalue weighted by atomic mass is 9.79. The van der Waals surface area contributed by atoms with Crippen molar-refractivity contribution in [3.05, 3.63) is 0 Å². The van der Waals surface area contributed by atoms with E-state index in [-0.39, 0.29) is 24.2 Å².